The van der Waals surface area contributed by atoms with Crippen LogP contribution >= 0.6 is 20.2 Å². The van der Waals surface area contributed by atoms with E-state index in [4.69, 9.17) is 44.2 Å². The van der Waals surface area contributed by atoms with Crippen molar-refractivity contribution in [3.05, 3.63) is 0 Å². The van der Waals surface area contributed by atoms with Gasteiger partial charge in [0.05, 0.1) is 0 Å². The van der Waals surface area contributed by atoms with Crippen LogP contribution in [0.15, 0.2) is 0 Å². The zero-order valence-electron chi connectivity index (χ0n) is 6.76. The Morgan fingerprint density at radius 3 is 0.842 bits per heavy atom. The molecule has 0 fully saturated rings. The van der Waals surface area contributed by atoms with Gasteiger partial charge in [0.25, 0.3) is 5.97 Å². The fraction of sp³-hybridized carbons (Fsp3) is 0.333. The minimum absolute atomic E-state index is 0. The van der Waals surface area contributed by atoms with Gasteiger partial charge in [0.15, 0.2) is 0 Å². The van der Waals surface area contributed by atoms with Crippen LogP contribution in [0.4, 0.5) is 4.79 Å². The second-order valence-electron chi connectivity index (χ2n) is 1.31. The van der Waals surface area contributed by atoms with E-state index < -0.39 is 19.9 Å². The van der Waals surface area contributed by atoms with E-state index in [-0.39, 0.29) is 182 Å². The van der Waals surface area contributed by atoms with Crippen molar-refractivity contribution in [2.45, 2.75) is 6.92 Å². The number of hydrogen-bond donors (Lipinski definition) is 6. The van der Waals surface area contributed by atoms with E-state index in [0.29, 0.717) is 0 Å². The summed E-state index contributed by atoms with van der Waals surface area (Å²) >= 11 is 0. The first-order chi connectivity index (χ1) is 5.46. The Morgan fingerprint density at radius 1 is 0.842 bits per heavy atom. The van der Waals surface area contributed by atoms with E-state index in [2.05, 4.69) is 0 Å². The average molecular weight is 393 g/mol. The van der Waals surface area contributed by atoms with Gasteiger partial charge in [-0.05, 0) is 0 Å². The average Bonchev–Trinajstić information content (AvgIpc) is 1.50. The van der Waals surface area contributed by atoms with Crippen LogP contribution in [0.25, 0.3) is 0 Å². The summed E-state index contributed by atoms with van der Waals surface area (Å²) < 4.78 is 8.88. The number of halogens is 1. The van der Waals surface area contributed by atoms with Crippen LogP contribution in [-0.4, -0.2) is 212 Å². The van der Waals surface area contributed by atoms with Crippen molar-refractivity contribution in [3.63, 3.8) is 0 Å². The van der Waals surface area contributed by atoms with Crippen LogP contribution in [-0.2, 0) is 9.36 Å². The molecule has 0 aliphatic heterocycles. The molecule has 0 radical (unpaired) electrons. The van der Waals surface area contributed by atoms with E-state index >= 15 is 0 Å². The van der Waals surface area contributed by atoms with Crippen molar-refractivity contribution in [1.82, 2.24) is 0 Å². The third-order valence-electron chi connectivity index (χ3n) is 0. The van der Waals surface area contributed by atoms with E-state index in [0.717, 1.165) is 6.92 Å². The number of hydrogen-bond acceptors (Lipinski definition) is 3. The molecule has 0 aliphatic carbocycles. The molecule has 9 nitrogen and oxygen atoms in total. The normalized spacial score (nSPS) is 5.68. The van der Waals surface area contributed by atoms with Gasteiger partial charge in [-0.15, -0.1) is 12.4 Å². The summed E-state index contributed by atoms with van der Waals surface area (Å²) in [6.07, 6.45) is -1.83. The van der Waals surface area contributed by atoms with Gasteiger partial charge < -0.3 is 30.0 Å². The zero-order chi connectivity index (χ0) is 11.7. The van der Waals surface area contributed by atoms with Crippen LogP contribution < -0.4 is 0 Å². The third kappa shape index (κ3) is 431. The maximum atomic E-state index is 9.00. The summed E-state index contributed by atoms with van der Waals surface area (Å²) in [6, 6.07) is 0. The van der Waals surface area contributed by atoms with Crippen molar-refractivity contribution < 1.29 is 44.2 Å². The van der Waals surface area contributed by atoms with Gasteiger partial charge in [-0.1, -0.05) is 0 Å². The van der Waals surface area contributed by atoms with Crippen molar-refractivity contribution in [1.29, 1.82) is 0 Å². The molecule has 0 spiro atoms. The fourth-order valence-corrected chi connectivity index (χ4v) is 0. The first kappa shape index (κ1) is 56.5. The molecule has 0 aromatic carbocycles. The van der Waals surface area contributed by atoms with Gasteiger partial charge in [-0.2, -0.15) is 0 Å². The molecule has 0 atom stereocenters. The van der Waals surface area contributed by atoms with E-state index in [1.165, 1.54) is 0 Å². The molecule has 6 N–H and O–H groups in total. The predicted octanol–water partition coefficient (Wildman–Crippen LogP) is -3.44. The number of rotatable bonds is 0. The Kier molecular flexibility index (Phi) is 114. The quantitative estimate of drug-likeness (QED) is 0.181. The topological polar surface area (TPSA) is 173 Å². The second-order valence-corrected chi connectivity index (χ2v) is 2.34. The molecule has 19 heavy (non-hydrogen) atoms. The number of aliphatic carboxylic acids is 1. The standard InChI is InChI=1S/C2H4O2.CH2O3.ClH.K.4Na.H3O4P.5H/c1-2(3)4;2-1(3)4;;;;;;;1-5(2,3)4;;;;;/h1H3,(H,3,4);(H2,2,3,4);1H;;;;;;(H3,1,2,3,4);;;;;. The summed E-state index contributed by atoms with van der Waals surface area (Å²) in [6.45, 7) is 1.08. The molecular formula is C3H15ClKNa4O9P. The van der Waals surface area contributed by atoms with Crippen molar-refractivity contribution in [2.75, 3.05) is 0 Å². The Hall–Kier alpha value is 4.78. The number of carboxylic acid groups (broad SMARTS) is 3. The first-order valence-electron chi connectivity index (χ1n) is 2.36. The molecule has 0 saturated carbocycles. The Bertz CT molecular complexity index is 187. The molecule has 0 amide bonds. The fourth-order valence-electron chi connectivity index (χ4n) is 0. The first-order valence-corrected chi connectivity index (χ1v) is 3.93. The molecule has 98 valence electrons. The molecular weight excluding hydrogens is 378 g/mol. The summed E-state index contributed by atoms with van der Waals surface area (Å²) in [4.78, 5) is 39.1. The van der Waals surface area contributed by atoms with Gasteiger partial charge in [0.2, 0.25) is 0 Å². The Morgan fingerprint density at radius 2 is 0.842 bits per heavy atom. The van der Waals surface area contributed by atoms with Crippen LogP contribution in [0.1, 0.15) is 6.92 Å². The second kappa shape index (κ2) is 38.4. The van der Waals surface area contributed by atoms with Crippen LogP contribution in [0.2, 0.25) is 0 Å². The predicted molar refractivity (Wildman–Crippen MR) is 81.2 cm³/mol. The van der Waals surface area contributed by atoms with Crippen molar-refractivity contribution in [2.24, 2.45) is 0 Å². The van der Waals surface area contributed by atoms with Crippen LogP contribution in [0, 0.1) is 0 Å². The van der Waals surface area contributed by atoms with E-state index in [9.17, 15) is 0 Å². The Labute approximate surface area is 247 Å². The SMILES string of the molecule is CC(=O)O.Cl.O=C(O)O.O=P(O)(O)O.[KH].[NaH].[NaH].[NaH].[NaH]. The van der Waals surface area contributed by atoms with Crippen molar-refractivity contribution in [3.8, 4) is 0 Å². The van der Waals surface area contributed by atoms with Crippen molar-refractivity contribution >= 4 is 202 Å². The molecule has 0 aliphatic rings. The van der Waals surface area contributed by atoms with Gasteiger partial charge in [-0.25, -0.2) is 9.36 Å². The molecule has 16 heteroatoms. The molecule has 0 rings (SSSR count). The van der Waals surface area contributed by atoms with Crippen LogP contribution in [0.3, 0.4) is 0 Å². The van der Waals surface area contributed by atoms with Gasteiger partial charge in [0, 0.05) is 6.92 Å². The minimum atomic E-state index is -4.64. The molecule has 0 heterocycles. The van der Waals surface area contributed by atoms with Gasteiger partial charge in [0.1, 0.15) is 0 Å². The van der Waals surface area contributed by atoms with Gasteiger partial charge >= 0.3 is 184 Å². The summed E-state index contributed by atoms with van der Waals surface area (Å²) in [5, 5.41) is 21.4. The monoisotopic (exact) mass is 392 g/mol. The van der Waals surface area contributed by atoms with E-state index in [1.54, 1.807) is 0 Å². The molecule has 0 saturated heterocycles. The molecule has 0 aromatic heterocycles. The molecule has 0 bridgehead atoms. The molecule has 0 aromatic rings. The van der Waals surface area contributed by atoms with Gasteiger partial charge in [-0.3, -0.25) is 4.79 Å². The maximum absolute atomic E-state index is 9.00. The Balaban J connectivity index is -0.00000000980. The summed E-state index contributed by atoms with van der Waals surface area (Å²) in [5.41, 5.74) is 0. The van der Waals surface area contributed by atoms with Crippen LogP contribution in [0.5, 0.6) is 0 Å². The number of phosphoric acid groups is 1. The number of carbonyl (C=O) groups is 2. The zero-order valence-corrected chi connectivity index (χ0v) is 8.47. The van der Waals surface area contributed by atoms with E-state index in [1.807, 2.05) is 0 Å². The molecule has 0 unspecified atom stereocenters. The summed E-state index contributed by atoms with van der Waals surface area (Å²) in [5.74, 6) is -0.833. The third-order valence-corrected chi connectivity index (χ3v) is 0. The summed E-state index contributed by atoms with van der Waals surface area (Å²) in [7, 11) is -4.64. The number of carboxylic acids is 1.